The second-order valence-corrected chi connectivity index (χ2v) is 5.81. The average Bonchev–Trinajstić information content (AvgIpc) is 2.39. The fourth-order valence-corrected chi connectivity index (χ4v) is 1.70. The fourth-order valence-electron chi connectivity index (χ4n) is 1.70. The van der Waals surface area contributed by atoms with Gasteiger partial charge >= 0.3 is 0 Å². The molecule has 0 aliphatic rings. The molecule has 0 aliphatic heterocycles. The van der Waals surface area contributed by atoms with Crippen LogP contribution in [0, 0.1) is 11.8 Å². The topological polar surface area (TPSA) is 43.4 Å². The molecular formula is C16H28N2O2. The minimum atomic E-state index is 0.543. The zero-order chi connectivity index (χ0) is 14.8. The predicted molar refractivity (Wildman–Crippen MR) is 81.9 cm³/mol. The van der Waals surface area contributed by atoms with E-state index in [4.69, 9.17) is 9.47 Å². The molecule has 0 atom stereocenters. The molecule has 0 aromatic carbocycles. The number of rotatable bonds is 10. The summed E-state index contributed by atoms with van der Waals surface area (Å²) in [7, 11) is 0. The van der Waals surface area contributed by atoms with E-state index in [0.29, 0.717) is 30.9 Å². The third-order valence-corrected chi connectivity index (χ3v) is 2.64. The summed E-state index contributed by atoms with van der Waals surface area (Å²) in [5.41, 5.74) is 1.09. The Bertz CT molecular complexity index is 367. The van der Waals surface area contributed by atoms with Crippen LogP contribution in [0.4, 0.5) is 0 Å². The second kappa shape index (κ2) is 9.72. The van der Waals surface area contributed by atoms with Crippen LogP contribution in [0.25, 0.3) is 0 Å². The number of hydrogen-bond acceptors (Lipinski definition) is 4. The highest BCUT2D eigenvalue weighted by molar-refractivity contribution is 5.25. The van der Waals surface area contributed by atoms with Gasteiger partial charge in [-0.05, 0) is 24.4 Å². The lowest BCUT2D eigenvalue weighted by Gasteiger charge is -2.12. The van der Waals surface area contributed by atoms with E-state index in [-0.39, 0.29) is 0 Å². The number of aromatic nitrogens is 1. The van der Waals surface area contributed by atoms with E-state index in [0.717, 1.165) is 25.3 Å². The minimum Gasteiger partial charge on any atom is -0.475 e. The fraction of sp³-hybridized carbons (Fsp3) is 0.688. The summed E-state index contributed by atoms with van der Waals surface area (Å²) in [6.07, 6.45) is 1.76. The summed E-state index contributed by atoms with van der Waals surface area (Å²) >= 11 is 0. The molecule has 4 nitrogen and oxygen atoms in total. The van der Waals surface area contributed by atoms with Crippen LogP contribution in [-0.4, -0.2) is 31.3 Å². The Balaban J connectivity index is 2.33. The highest BCUT2D eigenvalue weighted by atomic mass is 16.5. The summed E-state index contributed by atoms with van der Waals surface area (Å²) in [6, 6.07) is 3.99. The van der Waals surface area contributed by atoms with Crippen LogP contribution in [0.3, 0.4) is 0 Å². The first-order chi connectivity index (χ1) is 9.59. The van der Waals surface area contributed by atoms with Crippen molar-refractivity contribution in [2.45, 2.75) is 34.2 Å². The zero-order valence-electron chi connectivity index (χ0n) is 13.2. The molecule has 0 aliphatic carbocycles. The average molecular weight is 280 g/mol. The predicted octanol–water partition coefficient (Wildman–Crippen LogP) is 2.88. The van der Waals surface area contributed by atoms with Gasteiger partial charge in [-0.15, -0.1) is 0 Å². The van der Waals surface area contributed by atoms with Crippen molar-refractivity contribution >= 4 is 0 Å². The Morgan fingerprint density at radius 1 is 1.15 bits per heavy atom. The molecule has 0 spiro atoms. The molecule has 1 aromatic rings. The maximum atomic E-state index is 5.70. The van der Waals surface area contributed by atoms with Gasteiger partial charge in [0, 0.05) is 24.9 Å². The van der Waals surface area contributed by atoms with Crippen molar-refractivity contribution in [3.05, 3.63) is 23.9 Å². The Morgan fingerprint density at radius 2 is 1.95 bits per heavy atom. The minimum absolute atomic E-state index is 0.543. The quantitative estimate of drug-likeness (QED) is 0.669. The molecule has 0 unspecified atom stereocenters. The van der Waals surface area contributed by atoms with Gasteiger partial charge in [0.05, 0.1) is 6.61 Å². The molecule has 1 N–H and O–H groups in total. The summed E-state index contributed by atoms with van der Waals surface area (Å²) < 4.78 is 11.2. The van der Waals surface area contributed by atoms with Crippen molar-refractivity contribution < 1.29 is 9.47 Å². The van der Waals surface area contributed by atoms with Gasteiger partial charge in [-0.2, -0.15) is 0 Å². The van der Waals surface area contributed by atoms with Gasteiger partial charge in [0.2, 0.25) is 5.88 Å². The van der Waals surface area contributed by atoms with E-state index in [1.807, 2.05) is 12.1 Å². The van der Waals surface area contributed by atoms with Gasteiger partial charge in [0.15, 0.2) is 0 Å². The van der Waals surface area contributed by atoms with E-state index < -0.39 is 0 Å². The van der Waals surface area contributed by atoms with Crippen molar-refractivity contribution in [1.82, 2.24) is 10.3 Å². The third-order valence-electron chi connectivity index (χ3n) is 2.64. The van der Waals surface area contributed by atoms with Gasteiger partial charge < -0.3 is 14.8 Å². The number of hydrogen-bond donors (Lipinski definition) is 1. The molecule has 20 heavy (non-hydrogen) atoms. The Hall–Kier alpha value is -1.13. The van der Waals surface area contributed by atoms with Crippen molar-refractivity contribution in [2.24, 2.45) is 11.8 Å². The molecule has 1 aromatic heterocycles. The Labute approximate surface area is 122 Å². The van der Waals surface area contributed by atoms with Crippen LogP contribution in [-0.2, 0) is 11.3 Å². The van der Waals surface area contributed by atoms with Crippen LogP contribution >= 0.6 is 0 Å². The van der Waals surface area contributed by atoms with Gasteiger partial charge in [-0.25, -0.2) is 4.98 Å². The van der Waals surface area contributed by atoms with Gasteiger partial charge in [0.25, 0.3) is 0 Å². The van der Waals surface area contributed by atoms with Crippen molar-refractivity contribution in [2.75, 3.05) is 26.4 Å². The number of pyridine rings is 1. The normalized spacial score (nSPS) is 11.3. The van der Waals surface area contributed by atoms with Crippen molar-refractivity contribution in [3.8, 4) is 5.88 Å². The van der Waals surface area contributed by atoms with E-state index in [1.165, 1.54) is 0 Å². The van der Waals surface area contributed by atoms with Crippen LogP contribution in [0.2, 0.25) is 0 Å². The lowest BCUT2D eigenvalue weighted by molar-refractivity contribution is 0.0803. The molecular weight excluding hydrogens is 252 g/mol. The van der Waals surface area contributed by atoms with E-state index in [2.05, 4.69) is 38.0 Å². The first-order valence-corrected chi connectivity index (χ1v) is 7.44. The third kappa shape index (κ3) is 7.46. The summed E-state index contributed by atoms with van der Waals surface area (Å²) in [5, 5.41) is 3.41. The lowest BCUT2D eigenvalue weighted by Crippen LogP contribution is -2.20. The molecule has 114 valence electrons. The molecule has 0 saturated carbocycles. The van der Waals surface area contributed by atoms with Crippen LogP contribution in [0.5, 0.6) is 5.88 Å². The molecule has 4 heteroatoms. The van der Waals surface area contributed by atoms with Crippen molar-refractivity contribution in [1.29, 1.82) is 0 Å². The summed E-state index contributed by atoms with van der Waals surface area (Å²) in [4.78, 5) is 4.29. The molecule has 0 bridgehead atoms. The van der Waals surface area contributed by atoms with Crippen molar-refractivity contribution in [3.63, 3.8) is 0 Å². The van der Waals surface area contributed by atoms with Crippen LogP contribution < -0.4 is 10.1 Å². The SMILES string of the molecule is CC(C)CNCc1cccnc1OCCOCC(C)C. The smallest absolute Gasteiger partial charge is 0.217 e. The Morgan fingerprint density at radius 3 is 2.65 bits per heavy atom. The van der Waals surface area contributed by atoms with Crippen LogP contribution in [0.15, 0.2) is 18.3 Å². The number of nitrogens with zero attached hydrogens (tertiary/aromatic N) is 1. The standard InChI is InChI=1S/C16H28N2O2/c1-13(2)10-17-11-15-6-5-7-18-16(15)20-9-8-19-12-14(3)4/h5-7,13-14,17H,8-12H2,1-4H3. The number of nitrogens with one attached hydrogen (secondary N) is 1. The summed E-state index contributed by atoms with van der Waals surface area (Å²) in [6.45, 7) is 12.4. The largest absolute Gasteiger partial charge is 0.475 e. The van der Waals surface area contributed by atoms with E-state index >= 15 is 0 Å². The van der Waals surface area contributed by atoms with E-state index in [1.54, 1.807) is 6.20 Å². The van der Waals surface area contributed by atoms with Crippen LogP contribution in [0.1, 0.15) is 33.3 Å². The highest BCUT2D eigenvalue weighted by Gasteiger charge is 2.05. The maximum Gasteiger partial charge on any atom is 0.217 e. The molecule has 0 radical (unpaired) electrons. The Kier molecular flexibility index (Phi) is 8.23. The molecule has 0 amide bonds. The lowest BCUT2D eigenvalue weighted by atomic mass is 10.2. The molecule has 0 fully saturated rings. The zero-order valence-corrected chi connectivity index (χ0v) is 13.2. The monoisotopic (exact) mass is 280 g/mol. The second-order valence-electron chi connectivity index (χ2n) is 5.81. The van der Waals surface area contributed by atoms with E-state index in [9.17, 15) is 0 Å². The molecule has 0 saturated heterocycles. The van der Waals surface area contributed by atoms with Gasteiger partial charge in [0.1, 0.15) is 6.61 Å². The first kappa shape index (κ1) is 16.9. The summed E-state index contributed by atoms with van der Waals surface area (Å²) in [5.74, 6) is 1.90. The molecule has 1 heterocycles. The maximum absolute atomic E-state index is 5.70. The number of ether oxygens (including phenoxy) is 2. The van der Waals surface area contributed by atoms with Gasteiger partial charge in [-0.3, -0.25) is 0 Å². The van der Waals surface area contributed by atoms with Gasteiger partial charge in [-0.1, -0.05) is 33.8 Å². The molecule has 1 rings (SSSR count). The highest BCUT2D eigenvalue weighted by Crippen LogP contribution is 2.14. The first-order valence-electron chi connectivity index (χ1n) is 7.44.